The Balaban J connectivity index is 1.97. The number of hydrogen-bond acceptors (Lipinski definition) is 3. The third-order valence-corrected chi connectivity index (χ3v) is 4.50. The van der Waals surface area contributed by atoms with Gasteiger partial charge in [0.05, 0.1) is 7.11 Å². The molecule has 19 heavy (non-hydrogen) atoms. The molecule has 1 N–H and O–H groups in total. The lowest BCUT2D eigenvalue weighted by atomic mass is 9.95. The van der Waals surface area contributed by atoms with Gasteiger partial charge in [-0.2, -0.15) is 0 Å². The van der Waals surface area contributed by atoms with Crippen molar-refractivity contribution in [1.82, 2.24) is 5.32 Å². The van der Waals surface area contributed by atoms with Crippen LogP contribution in [0, 0.1) is 0 Å². The maximum Gasteiger partial charge on any atom is 0.120 e. The summed E-state index contributed by atoms with van der Waals surface area (Å²) in [5.41, 5.74) is 3.07. The van der Waals surface area contributed by atoms with Gasteiger partial charge in [0, 0.05) is 23.3 Å². The Morgan fingerprint density at radius 2 is 2.00 bits per heavy atom. The molecule has 2 aliphatic rings. The number of ether oxygens (including phenoxy) is 1. The first-order valence-electron chi connectivity index (χ1n) is 7.29. The molecular weight excluding hydrogens is 236 g/mol. The molecule has 1 aromatic rings. The topological polar surface area (TPSA) is 24.5 Å². The quantitative estimate of drug-likeness (QED) is 0.884. The second-order valence-electron chi connectivity index (χ2n) is 6.34. The summed E-state index contributed by atoms with van der Waals surface area (Å²) in [6.45, 7) is 7.00. The number of hydrogen-bond donors (Lipinski definition) is 1. The summed E-state index contributed by atoms with van der Waals surface area (Å²) in [7, 11) is 1.75. The van der Waals surface area contributed by atoms with Crippen molar-refractivity contribution in [2.45, 2.75) is 44.7 Å². The predicted molar refractivity (Wildman–Crippen MR) is 79.1 cm³/mol. The smallest absolute Gasteiger partial charge is 0.120 e. The van der Waals surface area contributed by atoms with Crippen LogP contribution in [0.4, 0.5) is 5.69 Å². The largest absolute Gasteiger partial charge is 0.497 e. The van der Waals surface area contributed by atoms with Crippen molar-refractivity contribution in [3.63, 3.8) is 0 Å². The first-order valence-corrected chi connectivity index (χ1v) is 7.29. The predicted octanol–water partition coefficient (Wildman–Crippen LogP) is 2.59. The maximum atomic E-state index is 5.40. The zero-order valence-electron chi connectivity index (χ0n) is 12.2. The third kappa shape index (κ3) is 2.20. The SMILES string of the molecule is COc1ccc2c(c1)N(C1CCNCC1)C(C)(C)C2. The summed E-state index contributed by atoms with van der Waals surface area (Å²) in [5, 5.41) is 3.46. The van der Waals surface area contributed by atoms with E-state index in [0.29, 0.717) is 6.04 Å². The van der Waals surface area contributed by atoms with Crippen LogP contribution in [0.2, 0.25) is 0 Å². The summed E-state index contributed by atoms with van der Waals surface area (Å²) < 4.78 is 5.40. The number of piperidine rings is 1. The van der Waals surface area contributed by atoms with Gasteiger partial charge >= 0.3 is 0 Å². The van der Waals surface area contributed by atoms with Gasteiger partial charge in [-0.05, 0) is 57.8 Å². The average Bonchev–Trinajstić information content (AvgIpc) is 2.68. The van der Waals surface area contributed by atoms with Crippen molar-refractivity contribution in [3.05, 3.63) is 23.8 Å². The summed E-state index contributed by atoms with van der Waals surface area (Å²) in [5.74, 6) is 0.968. The molecule has 0 radical (unpaired) electrons. The van der Waals surface area contributed by atoms with E-state index in [0.717, 1.165) is 25.3 Å². The fourth-order valence-corrected chi connectivity index (χ4v) is 3.68. The molecule has 104 valence electrons. The van der Waals surface area contributed by atoms with E-state index in [4.69, 9.17) is 4.74 Å². The molecule has 0 spiro atoms. The van der Waals surface area contributed by atoms with Gasteiger partial charge in [0.25, 0.3) is 0 Å². The summed E-state index contributed by atoms with van der Waals surface area (Å²) in [6.07, 6.45) is 3.61. The van der Waals surface area contributed by atoms with Crippen LogP contribution < -0.4 is 15.0 Å². The summed E-state index contributed by atoms with van der Waals surface area (Å²) in [6, 6.07) is 7.19. The van der Waals surface area contributed by atoms with Crippen molar-refractivity contribution >= 4 is 5.69 Å². The zero-order chi connectivity index (χ0) is 13.5. The molecule has 3 nitrogen and oxygen atoms in total. The molecule has 2 heterocycles. The Morgan fingerprint density at radius 3 is 2.68 bits per heavy atom. The molecule has 0 aliphatic carbocycles. The molecule has 0 saturated carbocycles. The monoisotopic (exact) mass is 260 g/mol. The van der Waals surface area contributed by atoms with Gasteiger partial charge in [-0.15, -0.1) is 0 Å². The van der Waals surface area contributed by atoms with Crippen LogP contribution in [0.25, 0.3) is 0 Å². The number of anilines is 1. The van der Waals surface area contributed by atoms with Crippen molar-refractivity contribution in [2.75, 3.05) is 25.1 Å². The number of rotatable bonds is 2. The maximum absolute atomic E-state index is 5.40. The molecule has 0 atom stereocenters. The van der Waals surface area contributed by atoms with Crippen LogP contribution in [0.1, 0.15) is 32.3 Å². The number of nitrogens with one attached hydrogen (secondary N) is 1. The Hall–Kier alpha value is -1.22. The molecule has 1 aromatic carbocycles. The minimum absolute atomic E-state index is 0.219. The fourth-order valence-electron chi connectivity index (χ4n) is 3.68. The van der Waals surface area contributed by atoms with Crippen LogP contribution in [0.3, 0.4) is 0 Å². The second kappa shape index (κ2) is 4.71. The molecule has 2 aliphatic heterocycles. The highest BCUT2D eigenvalue weighted by atomic mass is 16.5. The van der Waals surface area contributed by atoms with Crippen LogP contribution in [-0.2, 0) is 6.42 Å². The van der Waals surface area contributed by atoms with E-state index in [2.05, 4.69) is 42.3 Å². The minimum Gasteiger partial charge on any atom is -0.497 e. The van der Waals surface area contributed by atoms with Gasteiger partial charge < -0.3 is 15.0 Å². The van der Waals surface area contributed by atoms with Gasteiger partial charge in [-0.25, -0.2) is 0 Å². The van der Waals surface area contributed by atoms with Crippen LogP contribution in [0.5, 0.6) is 5.75 Å². The lowest BCUT2D eigenvalue weighted by molar-refractivity contribution is 0.362. The van der Waals surface area contributed by atoms with Crippen molar-refractivity contribution in [3.8, 4) is 5.75 Å². The highest BCUT2D eigenvalue weighted by Crippen LogP contribution is 2.43. The van der Waals surface area contributed by atoms with Crippen LogP contribution in [0.15, 0.2) is 18.2 Å². The fraction of sp³-hybridized carbons (Fsp3) is 0.625. The van der Waals surface area contributed by atoms with Crippen LogP contribution >= 0.6 is 0 Å². The Bertz CT molecular complexity index is 464. The lowest BCUT2D eigenvalue weighted by Gasteiger charge is -2.42. The Morgan fingerprint density at radius 1 is 1.26 bits per heavy atom. The normalized spacial score (nSPS) is 22.4. The summed E-state index contributed by atoms with van der Waals surface area (Å²) in [4.78, 5) is 2.64. The molecule has 0 aromatic heterocycles. The molecular formula is C16H24N2O. The molecule has 0 unspecified atom stereocenters. The van der Waals surface area contributed by atoms with E-state index < -0.39 is 0 Å². The summed E-state index contributed by atoms with van der Waals surface area (Å²) >= 11 is 0. The van der Waals surface area contributed by atoms with E-state index in [9.17, 15) is 0 Å². The highest BCUT2D eigenvalue weighted by molar-refractivity contribution is 5.64. The highest BCUT2D eigenvalue weighted by Gasteiger charge is 2.40. The van der Waals surface area contributed by atoms with E-state index in [1.165, 1.54) is 24.1 Å². The minimum atomic E-state index is 0.219. The van der Waals surface area contributed by atoms with Crippen molar-refractivity contribution in [1.29, 1.82) is 0 Å². The van der Waals surface area contributed by atoms with Gasteiger partial charge in [-0.3, -0.25) is 0 Å². The molecule has 1 fully saturated rings. The van der Waals surface area contributed by atoms with Gasteiger partial charge in [-0.1, -0.05) is 6.07 Å². The van der Waals surface area contributed by atoms with Gasteiger partial charge in [0.2, 0.25) is 0 Å². The second-order valence-corrected chi connectivity index (χ2v) is 6.34. The number of nitrogens with zero attached hydrogens (tertiary/aromatic N) is 1. The third-order valence-electron chi connectivity index (χ3n) is 4.50. The van der Waals surface area contributed by atoms with E-state index >= 15 is 0 Å². The van der Waals surface area contributed by atoms with Gasteiger partial charge in [0.15, 0.2) is 0 Å². The molecule has 1 saturated heterocycles. The molecule has 0 bridgehead atoms. The first-order chi connectivity index (χ1) is 9.12. The molecule has 0 amide bonds. The standard InChI is InChI=1S/C16H24N2O/c1-16(2)11-12-4-5-14(19-3)10-15(12)18(16)13-6-8-17-9-7-13/h4-5,10,13,17H,6-9,11H2,1-3H3. The molecule has 3 heteroatoms. The number of benzene rings is 1. The van der Waals surface area contributed by atoms with Crippen LogP contribution in [-0.4, -0.2) is 31.8 Å². The molecule has 3 rings (SSSR count). The lowest BCUT2D eigenvalue weighted by Crippen LogP contribution is -2.51. The number of methoxy groups -OCH3 is 1. The Labute approximate surface area is 115 Å². The Kier molecular flexibility index (Phi) is 3.17. The van der Waals surface area contributed by atoms with Crippen molar-refractivity contribution < 1.29 is 4.74 Å². The first kappa shape index (κ1) is 12.8. The average molecular weight is 260 g/mol. The van der Waals surface area contributed by atoms with E-state index in [1.807, 2.05) is 0 Å². The van der Waals surface area contributed by atoms with Crippen molar-refractivity contribution in [2.24, 2.45) is 0 Å². The van der Waals surface area contributed by atoms with Gasteiger partial charge in [0.1, 0.15) is 5.75 Å². The van der Waals surface area contributed by atoms with E-state index in [1.54, 1.807) is 7.11 Å². The van der Waals surface area contributed by atoms with E-state index in [-0.39, 0.29) is 5.54 Å². The number of fused-ring (bicyclic) bond motifs is 1. The zero-order valence-corrected chi connectivity index (χ0v) is 12.2.